The van der Waals surface area contributed by atoms with E-state index in [0.717, 1.165) is 11.7 Å². The maximum absolute atomic E-state index is 11.4. The number of hydrogen-bond donors (Lipinski definition) is 1. The summed E-state index contributed by atoms with van der Waals surface area (Å²) in [5, 5.41) is 4.16. The van der Waals surface area contributed by atoms with Crippen LogP contribution in [0.1, 0.15) is 71.6 Å². The molecule has 1 atom stereocenters. The number of aromatic nitrogens is 1. The third-order valence-electron chi connectivity index (χ3n) is 3.88. The third-order valence-corrected chi connectivity index (χ3v) is 6.20. The molecule has 1 rings (SSSR count). The molecule has 0 fully saturated rings. The second-order valence-electron chi connectivity index (χ2n) is 6.14. The molecule has 1 amide bonds. The van der Waals surface area contributed by atoms with E-state index in [2.05, 4.69) is 23.3 Å². The van der Waals surface area contributed by atoms with Crippen LogP contribution in [0.3, 0.4) is 0 Å². The van der Waals surface area contributed by atoms with Gasteiger partial charge < -0.3 is 0 Å². The predicted octanol–water partition coefficient (Wildman–Crippen LogP) is 3.86. The van der Waals surface area contributed by atoms with Gasteiger partial charge in [-0.3, -0.25) is 0 Å². The molecular weight excluding hydrogens is 351 g/mol. The Hall–Kier alpha value is -0.861. The van der Waals surface area contributed by atoms with Crippen LogP contribution < -0.4 is 9.91 Å². The van der Waals surface area contributed by atoms with Gasteiger partial charge in [-0.05, 0) is 0 Å². The molecular formula is C19H32N2OSe. The Bertz CT molecular complexity index is 411. The van der Waals surface area contributed by atoms with Crippen molar-refractivity contribution in [2.45, 2.75) is 83.0 Å². The molecule has 1 N–H and O–H groups in total. The SMILES string of the molecule is CCCCCCCCCC[C@H](C[Se]c1ccccn1)NC(C)=O. The number of unbranched alkanes of at least 4 members (excludes halogenated alkanes) is 7. The van der Waals surface area contributed by atoms with Crippen molar-refractivity contribution in [3.63, 3.8) is 0 Å². The molecule has 0 bridgehead atoms. The number of carbonyl (C=O) groups excluding carboxylic acids is 1. The predicted molar refractivity (Wildman–Crippen MR) is 99.3 cm³/mol. The van der Waals surface area contributed by atoms with Crippen LogP contribution >= 0.6 is 0 Å². The summed E-state index contributed by atoms with van der Waals surface area (Å²) in [5.41, 5.74) is 0. The van der Waals surface area contributed by atoms with Gasteiger partial charge in [0.2, 0.25) is 0 Å². The fraction of sp³-hybridized carbons (Fsp3) is 0.684. The molecule has 1 heterocycles. The van der Waals surface area contributed by atoms with Gasteiger partial charge in [-0.15, -0.1) is 0 Å². The Kier molecular flexibility index (Phi) is 11.9. The van der Waals surface area contributed by atoms with Crippen molar-refractivity contribution < 1.29 is 4.79 Å². The number of amides is 1. The van der Waals surface area contributed by atoms with Crippen molar-refractivity contribution in [3.8, 4) is 0 Å². The van der Waals surface area contributed by atoms with Crippen molar-refractivity contribution in [1.29, 1.82) is 0 Å². The summed E-state index contributed by atoms with van der Waals surface area (Å²) in [6.07, 6.45) is 13.6. The summed E-state index contributed by atoms with van der Waals surface area (Å²) in [4.78, 5) is 15.8. The molecule has 23 heavy (non-hydrogen) atoms. The number of nitrogens with one attached hydrogen (secondary N) is 1. The molecule has 1 aromatic heterocycles. The number of rotatable bonds is 13. The van der Waals surface area contributed by atoms with Gasteiger partial charge in [0.1, 0.15) is 0 Å². The minimum absolute atomic E-state index is 0.0892. The van der Waals surface area contributed by atoms with E-state index in [-0.39, 0.29) is 5.91 Å². The quantitative estimate of drug-likeness (QED) is 0.415. The third kappa shape index (κ3) is 11.3. The van der Waals surface area contributed by atoms with E-state index in [1.807, 2.05) is 18.3 Å². The first-order valence-electron chi connectivity index (χ1n) is 9.03. The Labute approximate surface area is 148 Å². The number of carbonyl (C=O) groups is 1. The molecule has 0 aromatic carbocycles. The van der Waals surface area contributed by atoms with E-state index in [4.69, 9.17) is 0 Å². The average Bonchev–Trinajstić information content (AvgIpc) is 2.55. The number of pyridine rings is 1. The number of hydrogen-bond acceptors (Lipinski definition) is 2. The summed E-state index contributed by atoms with van der Waals surface area (Å²) in [7, 11) is 0. The molecule has 4 heteroatoms. The first kappa shape index (κ1) is 20.2. The zero-order valence-corrected chi connectivity index (χ0v) is 16.4. The van der Waals surface area contributed by atoms with Crippen LogP contribution in [0.2, 0.25) is 5.32 Å². The molecule has 0 saturated carbocycles. The van der Waals surface area contributed by atoms with Crippen LogP contribution in [0, 0.1) is 0 Å². The molecule has 1 aromatic rings. The van der Waals surface area contributed by atoms with Crippen LogP contribution in [-0.2, 0) is 4.79 Å². The van der Waals surface area contributed by atoms with Crippen molar-refractivity contribution in [2.75, 3.05) is 0 Å². The monoisotopic (exact) mass is 384 g/mol. The first-order valence-corrected chi connectivity index (χ1v) is 11.1. The fourth-order valence-corrected chi connectivity index (χ4v) is 4.58. The average molecular weight is 383 g/mol. The van der Waals surface area contributed by atoms with E-state index in [9.17, 15) is 4.79 Å². The van der Waals surface area contributed by atoms with Crippen LogP contribution in [0.4, 0.5) is 0 Å². The van der Waals surface area contributed by atoms with Gasteiger partial charge in [-0.2, -0.15) is 0 Å². The van der Waals surface area contributed by atoms with Crippen molar-refractivity contribution in [2.24, 2.45) is 0 Å². The van der Waals surface area contributed by atoms with Crippen LogP contribution in [0.25, 0.3) is 0 Å². The fourth-order valence-electron chi connectivity index (χ4n) is 2.63. The maximum atomic E-state index is 11.4. The van der Waals surface area contributed by atoms with E-state index in [1.54, 1.807) is 6.92 Å². The van der Waals surface area contributed by atoms with Gasteiger partial charge >= 0.3 is 148 Å². The van der Waals surface area contributed by atoms with Crippen LogP contribution in [-0.4, -0.2) is 31.9 Å². The summed E-state index contributed by atoms with van der Waals surface area (Å²) in [5.74, 6) is 0.0892. The molecule has 0 unspecified atom stereocenters. The van der Waals surface area contributed by atoms with E-state index >= 15 is 0 Å². The molecule has 0 aliphatic carbocycles. The Balaban J connectivity index is 2.17. The van der Waals surface area contributed by atoms with Crippen molar-refractivity contribution in [1.82, 2.24) is 10.3 Å². The van der Waals surface area contributed by atoms with Crippen LogP contribution in [0.5, 0.6) is 0 Å². The molecule has 0 aliphatic rings. The first-order chi connectivity index (χ1) is 11.2. The van der Waals surface area contributed by atoms with Gasteiger partial charge in [-0.1, -0.05) is 0 Å². The van der Waals surface area contributed by atoms with Crippen molar-refractivity contribution >= 4 is 25.5 Å². The molecule has 130 valence electrons. The zero-order chi connectivity index (χ0) is 16.8. The van der Waals surface area contributed by atoms with Gasteiger partial charge in [0.05, 0.1) is 0 Å². The van der Waals surface area contributed by atoms with E-state index < -0.39 is 0 Å². The summed E-state index contributed by atoms with van der Waals surface area (Å²) < 4.78 is 1.17. The van der Waals surface area contributed by atoms with Gasteiger partial charge in [0, 0.05) is 0 Å². The minimum atomic E-state index is 0.0892. The second-order valence-corrected chi connectivity index (χ2v) is 8.32. The second kappa shape index (κ2) is 13.6. The topological polar surface area (TPSA) is 42.0 Å². The Morgan fingerprint density at radius 2 is 1.83 bits per heavy atom. The van der Waals surface area contributed by atoms with Gasteiger partial charge in [-0.25, -0.2) is 0 Å². The Morgan fingerprint density at radius 1 is 1.13 bits per heavy atom. The standard InChI is InChI=1S/C19H32N2OSe/c1-3-4-5-6-7-8-9-10-13-18(21-17(2)22)16-23-19-14-11-12-15-20-19/h11-12,14-15,18H,3-10,13,16H2,1-2H3,(H,21,22)/t18-/m1/s1. The molecule has 0 spiro atoms. The normalized spacial score (nSPS) is 12.1. The van der Waals surface area contributed by atoms with E-state index in [0.29, 0.717) is 21.0 Å². The molecule has 0 aliphatic heterocycles. The molecule has 3 nitrogen and oxygen atoms in total. The summed E-state index contributed by atoms with van der Waals surface area (Å²) in [6.45, 7) is 3.88. The summed E-state index contributed by atoms with van der Waals surface area (Å²) >= 11 is 0.342. The van der Waals surface area contributed by atoms with Gasteiger partial charge in [0.15, 0.2) is 0 Å². The number of nitrogens with zero attached hydrogens (tertiary/aromatic N) is 1. The summed E-state index contributed by atoms with van der Waals surface area (Å²) in [6, 6.07) is 6.39. The van der Waals surface area contributed by atoms with Gasteiger partial charge in [0.25, 0.3) is 0 Å². The van der Waals surface area contributed by atoms with Crippen LogP contribution in [0.15, 0.2) is 24.4 Å². The van der Waals surface area contributed by atoms with Crippen molar-refractivity contribution in [3.05, 3.63) is 24.4 Å². The Morgan fingerprint density at radius 3 is 2.43 bits per heavy atom. The zero-order valence-electron chi connectivity index (χ0n) is 14.7. The molecule has 0 radical (unpaired) electrons. The van der Waals surface area contributed by atoms with E-state index in [1.165, 1.54) is 56.0 Å². The molecule has 0 saturated heterocycles.